The topological polar surface area (TPSA) is 13.0 Å². The van der Waals surface area contributed by atoms with Crippen molar-refractivity contribution in [3.05, 3.63) is 0 Å². The number of likely N-dealkylation sites (tertiary alicyclic amines) is 2. The van der Waals surface area contributed by atoms with E-state index in [0.717, 1.165) is 5.92 Å². The zero-order chi connectivity index (χ0) is 14.5. The van der Waals surface area contributed by atoms with Crippen LogP contribution in [0.25, 0.3) is 0 Å². The van der Waals surface area contributed by atoms with Gasteiger partial charge in [-0.2, -0.15) is 0 Å². The fourth-order valence-corrected chi connectivity index (χ4v) is 4.20. The molecule has 1 unspecified atom stereocenters. The average Bonchev–Trinajstić information content (AvgIpc) is 2.93. The Hall–Kier alpha value is -0.160. The fraction of sp³-hybridized carbons (Fsp3) is 1.00. The van der Waals surface area contributed by atoms with E-state index >= 15 is 0 Å². The van der Waals surface area contributed by atoms with Gasteiger partial charge in [0.25, 0.3) is 0 Å². The van der Waals surface area contributed by atoms with E-state index in [0.29, 0.717) is 0 Å². The van der Waals surface area contributed by atoms with Gasteiger partial charge in [0.2, 0.25) is 0 Å². The first-order valence-electron chi connectivity index (χ1n) is 9.15. The number of piperidine rings is 1. The van der Waals surface area contributed by atoms with Crippen LogP contribution >= 0.6 is 0 Å². The van der Waals surface area contributed by atoms with Crippen LogP contribution in [0.2, 0.25) is 0 Å². The van der Waals surface area contributed by atoms with Gasteiger partial charge in [-0.25, -0.2) is 0 Å². The van der Waals surface area contributed by atoms with E-state index in [9.17, 15) is 0 Å². The van der Waals surface area contributed by atoms with Gasteiger partial charge in [-0.05, 0) is 51.9 Å². The highest BCUT2D eigenvalue weighted by Crippen LogP contribution is 2.16. The molecule has 122 valence electrons. The van der Waals surface area contributed by atoms with E-state index in [1.54, 1.807) is 0 Å². The maximum absolute atomic E-state index is 2.71. The summed E-state index contributed by atoms with van der Waals surface area (Å²) in [6, 6.07) is 0. The van der Waals surface area contributed by atoms with Crippen molar-refractivity contribution in [3.63, 3.8) is 0 Å². The predicted octanol–water partition coefficient (Wildman–Crippen LogP) is 1.04. The first-order chi connectivity index (χ1) is 10.3. The van der Waals surface area contributed by atoms with Gasteiger partial charge in [0.15, 0.2) is 0 Å². The standard InChI is InChI=1S/C17H34N4/c1-18-8-5-17(15-18)16-21-13-11-20(12-14-21)10-9-19-6-3-2-4-7-19/h17H,2-16H2,1H3. The lowest BCUT2D eigenvalue weighted by molar-refractivity contribution is 0.104. The molecule has 4 nitrogen and oxygen atoms in total. The molecule has 0 amide bonds. The average molecular weight is 294 g/mol. The van der Waals surface area contributed by atoms with Gasteiger partial charge < -0.3 is 14.7 Å². The summed E-state index contributed by atoms with van der Waals surface area (Å²) in [5, 5.41) is 0. The maximum atomic E-state index is 2.71. The zero-order valence-corrected chi connectivity index (χ0v) is 14.0. The van der Waals surface area contributed by atoms with Gasteiger partial charge in [-0.3, -0.25) is 4.90 Å². The Labute approximate surface area is 131 Å². The minimum Gasteiger partial charge on any atom is -0.306 e. The molecule has 0 spiro atoms. The van der Waals surface area contributed by atoms with Gasteiger partial charge in [0.05, 0.1) is 0 Å². The summed E-state index contributed by atoms with van der Waals surface area (Å²) in [4.78, 5) is 10.6. The molecule has 3 aliphatic rings. The summed E-state index contributed by atoms with van der Waals surface area (Å²) >= 11 is 0. The molecule has 3 saturated heterocycles. The molecule has 0 N–H and O–H groups in total. The van der Waals surface area contributed by atoms with Crippen molar-refractivity contribution in [1.29, 1.82) is 0 Å². The molecule has 0 bridgehead atoms. The van der Waals surface area contributed by atoms with E-state index < -0.39 is 0 Å². The highest BCUT2D eigenvalue weighted by Gasteiger charge is 2.24. The Morgan fingerprint density at radius 2 is 1.33 bits per heavy atom. The van der Waals surface area contributed by atoms with Crippen molar-refractivity contribution in [2.45, 2.75) is 25.7 Å². The number of hydrogen-bond acceptors (Lipinski definition) is 4. The van der Waals surface area contributed by atoms with Gasteiger partial charge in [0.1, 0.15) is 0 Å². The molecule has 0 aromatic carbocycles. The molecule has 0 saturated carbocycles. The molecule has 3 aliphatic heterocycles. The summed E-state index contributed by atoms with van der Waals surface area (Å²) < 4.78 is 0. The van der Waals surface area contributed by atoms with Crippen LogP contribution in [0, 0.1) is 5.92 Å². The summed E-state index contributed by atoms with van der Waals surface area (Å²) in [6.45, 7) is 14.4. The molecule has 3 heterocycles. The molecule has 0 aliphatic carbocycles. The van der Waals surface area contributed by atoms with Gasteiger partial charge in [-0.15, -0.1) is 0 Å². The molecular weight excluding hydrogens is 260 g/mol. The largest absolute Gasteiger partial charge is 0.306 e. The van der Waals surface area contributed by atoms with Crippen LogP contribution in [0.4, 0.5) is 0 Å². The Morgan fingerprint density at radius 3 is 1.95 bits per heavy atom. The molecule has 0 radical (unpaired) electrons. The van der Waals surface area contributed by atoms with Gasteiger partial charge in [0, 0.05) is 52.4 Å². The Balaban J connectivity index is 1.29. The lowest BCUT2D eigenvalue weighted by Crippen LogP contribution is -2.49. The molecule has 3 fully saturated rings. The Bertz CT molecular complexity index is 295. The van der Waals surface area contributed by atoms with Crippen molar-refractivity contribution >= 4 is 0 Å². The molecule has 0 aromatic heterocycles. The van der Waals surface area contributed by atoms with Crippen LogP contribution in [0.15, 0.2) is 0 Å². The summed E-state index contributed by atoms with van der Waals surface area (Å²) in [5.41, 5.74) is 0. The lowest BCUT2D eigenvalue weighted by Gasteiger charge is -2.37. The monoisotopic (exact) mass is 294 g/mol. The van der Waals surface area contributed by atoms with Crippen LogP contribution in [0.3, 0.4) is 0 Å². The van der Waals surface area contributed by atoms with E-state index in [2.05, 4.69) is 26.6 Å². The van der Waals surface area contributed by atoms with Crippen molar-refractivity contribution in [2.75, 3.05) is 79.0 Å². The summed E-state index contributed by atoms with van der Waals surface area (Å²) in [6.07, 6.45) is 5.70. The minimum atomic E-state index is 0.926. The van der Waals surface area contributed by atoms with Crippen LogP contribution in [-0.2, 0) is 0 Å². The van der Waals surface area contributed by atoms with E-state index in [-0.39, 0.29) is 0 Å². The molecule has 4 heteroatoms. The second kappa shape index (κ2) is 7.91. The van der Waals surface area contributed by atoms with Crippen molar-refractivity contribution < 1.29 is 0 Å². The molecule has 1 atom stereocenters. The highest BCUT2D eigenvalue weighted by atomic mass is 15.3. The van der Waals surface area contributed by atoms with E-state index in [4.69, 9.17) is 0 Å². The van der Waals surface area contributed by atoms with Crippen LogP contribution in [0.1, 0.15) is 25.7 Å². The third-order valence-electron chi connectivity index (χ3n) is 5.65. The molecule has 0 aromatic rings. The smallest absolute Gasteiger partial charge is 0.0110 e. The van der Waals surface area contributed by atoms with Crippen LogP contribution < -0.4 is 0 Å². The zero-order valence-electron chi connectivity index (χ0n) is 14.0. The van der Waals surface area contributed by atoms with E-state index in [1.807, 2.05) is 0 Å². The second-order valence-corrected chi connectivity index (χ2v) is 7.46. The molecule has 21 heavy (non-hydrogen) atoms. The third kappa shape index (κ3) is 4.92. The quantitative estimate of drug-likeness (QED) is 0.751. The van der Waals surface area contributed by atoms with Gasteiger partial charge in [-0.1, -0.05) is 6.42 Å². The Kier molecular flexibility index (Phi) is 5.92. The minimum absolute atomic E-state index is 0.926. The van der Waals surface area contributed by atoms with Crippen molar-refractivity contribution in [2.24, 2.45) is 5.92 Å². The van der Waals surface area contributed by atoms with Crippen LogP contribution in [-0.4, -0.2) is 98.6 Å². The first kappa shape index (κ1) is 15.7. The third-order valence-corrected chi connectivity index (χ3v) is 5.65. The van der Waals surface area contributed by atoms with Gasteiger partial charge >= 0.3 is 0 Å². The normalized spacial score (nSPS) is 31.0. The first-order valence-corrected chi connectivity index (χ1v) is 9.15. The summed E-state index contributed by atoms with van der Waals surface area (Å²) in [7, 11) is 2.26. The lowest BCUT2D eigenvalue weighted by atomic mass is 10.1. The second-order valence-electron chi connectivity index (χ2n) is 7.46. The predicted molar refractivity (Wildman–Crippen MR) is 88.8 cm³/mol. The number of piperazine rings is 1. The number of hydrogen-bond donors (Lipinski definition) is 0. The van der Waals surface area contributed by atoms with Crippen molar-refractivity contribution in [1.82, 2.24) is 19.6 Å². The highest BCUT2D eigenvalue weighted by molar-refractivity contribution is 4.80. The number of rotatable bonds is 5. The number of nitrogens with zero attached hydrogens (tertiary/aromatic N) is 4. The van der Waals surface area contributed by atoms with Crippen molar-refractivity contribution in [3.8, 4) is 0 Å². The molecular formula is C17H34N4. The SMILES string of the molecule is CN1CCC(CN2CCN(CCN3CCCCC3)CC2)C1. The van der Waals surface area contributed by atoms with E-state index in [1.165, 1.54) is 97.7 Å². The maximum Gasteiger partial charge on any atom is 0.0110 e. The summed E-state index contributed by atoms with van der Waals surface area (Å²) in [5.74, 6) is 0.926. The fourth-order valence-electron chi connectivity index (χ4n) is 4.20. The molecule has 3 rings (SSSR count). The Morgan fingerprint density at radius 1 is 0.714 bits per heavy atom. The van der Waals surface area contributed by atoms with Crippen LogP contribution in [0.5, 0.6) is 0 Å².